The molecule has 0 saturated heterocycles. The fraction of sp³-hybridized carbons (Fsp3) is 0.167. The van der Waals surface area contributed by atoms with E-state index in [1.165, 1.54) is 6.92 Å². The smallest absolute Gasteiger partial charge is 0.145 e. The molecule has 0 amide bonds. The van der Waals surface area contributed by atoms with Crippen LogP contribution >= 0.6 is 0 Å². The summed E-state index contributed by atoms with van der Waals surface area (Å²) in [6.45, 7) is 2.29. The van der Waals surface area contributed by atoms with Crippen LogP contribution in [0.4, 0.5) is 0 Å². The predicted octanol–water partition coefficient (Wildman–Crippen LogP) is 9.37. The second-order valence-electron chi connectivity index (χ2n) is 10.1. The zero-order chi connectivity index (χ0) is 32.1. The molecule has 0 fully saturated rings. The summed E-state index contributed by atoms with van der Waals surface area (Å²) in [5, 5.41) is 10.4. The second-order valence-corrected chi connectivity index (χ2v) is 10.1. The number of aromatic nitrogens is 3. The van der Waals surface area contributed by atoms with E-state index in [4.69, 9.17) is 16.8 Å². The molecule has 0 bridgehead atoms. The van der Waals surface area contributed by atoms with Crippen molar-refractivity contribution < 1.29 is 12.0 Å². The fourth-order valence-electron chi connectivity index (χ4n) is 5.19. The van der Waals surface area contributed by atoms with E-state index < -0.39 is 18.6 Å². The molecule has 1 atom stereocenters. The first-order valence-corrected chi connectivity index (χ1v) is 13.3. The maximum absolute atomic E-state index is 10.4. The van der Waals surface area contributed by atoms with E-state index in [2.05, 4.69) is 0 Å². The Kier molecular flexibility index (Phi) is 5.29. The topological polar surface area (TPSA) is 50.9 Å². The second kappa shape index (κ2) is 10.5. The van der Waals surface area contributed by atoms with Crippen LogP contribution < -0.4 is 0 Å². The molecular weight excluding hydrogens is 490 g/mol. The summed E-state index contributed by atoms with van der Waals surface area (Å²) in [6, 6.07) is 33.4. The maximum Gasteiger partial charge on any atom is 0.145 e. The third-order valence-electron chi connectivity index (χ3n) is 7.11. The van der Waals surface area contributed by atoms with Crippen molar-refractivity contribution in [3.8, 4) is 45.3 Å². The molecule has 0 aliphatic heterocycles. The minimum absolute atomic E-state index is 0.148. The molecule has 1 unspecified atom stereocenters. The molecule has 0 aliphatic carbocycles. The maximum atomic E-state index is 10.4. The fourth-order valence-corrected chi connectivity index (χ4v) is 5.19. The molecule has 198 valence electrons. The largest absolute Gasteiger partial charge is 0.507 e. The van der Waals surface area contributed by atoms with Crippen LogP contribution in [-0.2, 0) is 0 Å². The van der Waals surface area contributed by atoms with Crippen molar-refractivity contribution in [2.75, 3.05) is 0 Å². The molecule has 4 heteroatoms. The molecule has 1 N–H and O–H groups in total. The lowest BCUT2D eigenvalue weighted by Gasteiger charge is -2.22. The lowest BCUT2D eigenvalue weighted by molar-refractivity contribution is 0.477. The van der Waals surface area contributed by atoms with Gasteiger partial charge in [-0.25, -0.2) is 9.97 Å². The van der Waals surface area contributed by atoms with E-state index in [1.54, 1.807) is 38.1 Å². The van der Waals surface area contributed by atoms with Gasteiger partial charge in [0.25, 0.3) is 0 Å². The van der Waals surface area contributed by atoms with Gasteiger partial charge >= 0.3 is 0 Å². The van der Waals surface area contributed by atoms with E-state index >= 15 is 0 Å². The first-order chi connectivity index (χ1) is 21.3. The van der Waals surface area contributed by atoms with E-state index in [9.17, 15) is 5.11 Å². The van der Waals surface area contributed by atoms with E-state index in [0.29, 0.717) is 39.5 Å². The number of pyridine rings is 1. The molecule has 40 heavy (non-hydrogen) atoms. The number of benzene rings is 4. The Morgan fingerprint density at radius 2 is 1.38 bits per heavy atom. The molecule has 6 aromatic rings. The summed E-state index contributed by atoms with van der Waals surface area (Å²) in [5.74, 6) is -2.39. The summed E-state index contributed by atoms with van der Waals surface area (Å²) in [6.07, 6.45) is 0. The molecule has 0 aliphatic rings. The highest BCUT2D eigenvalue weighted by Gasteiger charge is 2.22. The van der Waals surface area contributed by atoms with Crippen LogP contribution in [0.5, 0.6) is 5.75 Å². The lowest BCUT2D eigenvalue weighted by Crippen LogP contribution is -2.08. The van der Waals surface area contributed by atoms with Crippen LogP contribution in [-0.4, -0.2) is 19.6 Å². The number of rotatable bonds is 6. The van der Waals surface area contributed by atoms with Crippen LogP contribution in [0, 0.1) is 0 Å². The zero-order valence-corrected chi connectivity index (χ0v) is 22.7. The van der Waals surface area contributed by atoms with Gasteiger partial charge in [0, 0.05) is 23.5 Å². The molecule has 4 nitrogen and oxygen atoms in total. The van der Waals surface area contributed by atoms with Crippen molar-refractivity contribution in [2.24, 2.45) is 0 Å². The van der Waals surface area contributed by atoms with Crippen molar-refractivity contribution >= 4 is 11.0 Å². The van der Waals surface area contributed by atoms with Gasteiger partial charge in [0.05, 0.1) is 28.1 Å². The van der Waals surface area contributed by atoms with Crippen molar-refractivity contribution in [2.45, 2.75) is 39.4 Å². The Morgan fingerprint density at radius 1 is 0.700 bits per heavy atom. The first kappa shape index (κ1) is 20.2. The van der Waals surface area contributed by atoms with Crippen molar-refractivity contribution in [1.82, 2.24) is 14.5 Å². The van der Waals surface area contributed by atoms with Gasteiger partial charge in [-0.3, -0.25) is 4.57 Å². The zero-order valence-electron chi connectivity index (χ0n) is 27.7. The normalized spacial score (nSPS) is 15.4. The Balaban J connectivity index is 1.61. The number of imidazole rings is 1. The molecule has 0 radical (unpaired) electrons. The number of fused-ring (bicyclic) bond motifs is 1. The number of para-hydroxylation sites is 4. The predicted molar refractivity (Wildman–Crippen MR) is 165 cm³/mol. The van der Waals surface area contributed by atoms with E-state index in [1.807, 2.05) is 89.5 Å². The summed E-state index contributed by atoms with van der Waals surface area (Å²) < 4.78 is 44.9. The van der Waals surface area contributed by atoms with Crippen LogP contribution in [0.1, 0.15) is 57.4 Å². The average molecular weight is 529 g/mol. The van der Waals surface area contributed by atoms with Gasteiger partial charge in [0.2, 0.25) is 0 Å². The van der Waals surface area contributed by atoms with Crippen molar-refractivity contribution in [1.29, 1.82) is 0 Å². The Hall–Kier alpha value is -4.70. The molecule has 6 rings (SSSR count). The molecule has 0 spiro atoms. The Labute approximate surface area is 242 Å². The lowest BCUT2D eigenvalue weighted by atomic mass is 9.92. The van der Waals surface area contributed by atoms with Crippen LogP contribution in [0.2, 0.25) is 0 Å². The number of nitrogens with zero attached hydrogens (tertiary/aromatic N) is 3. The van der Waals surface area contributed by atoms with Gasteiger partial charge in [0.1, 0.15) is 11.6 Å². The summed E-state index contributed by atoms with van der Waals surface area (Å²) in [7, 11) is 0. The molecule has 0 saturated carbocycles. The summed E-state index contributed by atoms with van der Waals surface area (Å²) >= 11 is 0. The van der Waals surface area contributed by atoms with Crippen LogP contribution in [0.3, 0.4) is 0 Å². The number of hydrogen-bond acceptors (Lipinski definition) is 3. The van der Waals surface area contributed by atoms with Crippen molar-refractivity contribution in [3.63, 3.8) is 0 Å². The molecule has 2 heterocycles. The highest BCUT2D eigenvalue weighted by molar-refractivity contribution is 5.85. The molecule has 2 aromatic heterocycles. The van der Waals surface area contributed by atoms with E-state index in [0.717, 1.165) is 16.6 Å². The first-order valence-electron chi connectivity index (χ1n) is 15.8. The summed E-state index contributed by atoms with van der Waals surface area (Å²) in [5.41, 5.74) is 6.32. The van der Waals surface area contributed by atoms with Gasteiger partial charge in [-0.05, 0) is 65.4 Å². The quantitative estimate of drug-likeness (QED) is 0.234. The SMILES string of the molecule is [2H]C(C)(C)c1cccc(C([2H])(C)C([2H])([2H])[2H])c1-n1c(-c2cccc(-c3cccc(-c4ccccc4O)n3)c2)nc2ccccc21. The third kappa shape index (κ3) is 4.56. The number of phenolic OH excluding ortho intramolecular Hbond substituents is 1. The molecule has 4 aromatic carbocycles. The Bertz CT molecular complexity index is 2040. The number of aromatic hydroxyl groups is 1. The van der Waals surface area contributed by atoms with Crippen molar-refractivity contribution in [3.05, 3.63) is 120 Å². The van der Waals surface area contributed by atoms with Crippen LogP contribution in [0.25, 0.3) is 50.6 Å². The minimum Gasteiger partial charge on any atom is -0.507 e. The highest BCUT2D eigenvalue weighted by Crippen LogP contribution is 2.38. The van der Waals surface area contributed by atoms with Gasteiger partial charge in [-0.1, -0.05) is 94.4 Å². The van der Waals surface area contributed by atoms with Gasteiger partial charge in [-0.2, -0.15) is 0 Å². The highest BCUT2D eigenvalue weighted by atomic mass is 16.3. The third-order valence-corrected chi connectivity index (χ3v) is 7.11. The monoisotopic (exact) mass is 528 g/mol. The molecular formula is C36H33N3O. The minimum atomic E-state index is -2.63. The number of phenols is 1. The Morgan fingerprint density at radius 3 is 2.17 bits per heavy atom. The van der Waals surface area contributed by atoms with Crippen LogP contribution in [0.15, 0.2) is 109 Å². The summed E-state index contributed by atoms with van der Waals surface area (Å²) in [4.78, 5) is 9.88. The van der Waals surface area contributed by atoms with Gasteiger partial charge in [-0.15, -0.1) is 0 Å². The van der Waals surface area contributed by atoms with E-state index in [-0.39, 0.29) is 11.3 Å². The average Bonchev–Trinajstić information content (AvgIpc) is 3.39. The number of hydrogen-bond donors (Lipinski definition) is 1. The van der Waals surface area contributed by atoms with Gasteiger partial charge in [0.15, 0.2) is 0 Å². The standard InChI is InChI=1S/C36H33N3O/c1-23(2)27-15-10-16-28(24(3)4)35(27)39-33-20-7-6-17-32(33)38-36(39)26-13-9-12-25(22-26)30-18-11-19-31(37-30)29-14-5-8-21-34(29)40/h5-24,40H,1-4H3/i1D3,23D,24D. The van der Waals surface area contributed by atoms with Gasteiger partial charge < -0.3 is 5.11 Å².